The highest BCUT2D eigenvalue weighted by atomic mass is 79.9. The molecule has 0 bridgehead atoms. The van der Waals surface area contributed by atoms with Crippen LogP contribution in [0.15, 0.2) is 35.1 Å². The third-order valence-corrected chi connectivity index (χ3v) is 4.01. The van der Waals surface area contributed by atoms with Crippen LogP contribution in [0, 0.1) is 5.82 Å². The number of nitrogens with zero attached hydrogens (tertiary/aromatic N) is 2. The van der Waals surface area contributed by atoms with Gasteiger partial charge in [-0.15, -0.1) is 0 Å². The van der Waals surface area contributed by atoms with Gasteiger partial charge in [0.2, 0.25) is 0 Å². The number of carbonyl (C=O) groups is 1. The van der Waals surface area contributed by atoms with Crippen LogP contribution in [0.25, 0.3) is 11.0 Å². The highest BCUT2D eigenvalue weighted by molar-refractivity contribution is 9.10. The van der Waals surface area contributed by atoms with Crippen molar-refractivity contribution in [2.75, 3.05) is 5.32 Å². The minimum Gasteiger partial charge on any atom is -0.478 e. The number of nitrogens with one attached hydrogen (secondary N) is 1. The number of halogens is 3. The van der Waals surface area contributed by atoms with Crippen molar-refractivity contribution in [2.45, 2.75) is 0 Å². The first kappa shape index (κ1) is 12.3. The first-order valence-electron chi connectivity index (χ1n) is 7.75. The highest BCUT2D eigenvalue weighted by Gasteiger charge is 2.21. The Bertz CT molecular complexity index is 1040. The molecule has 8 heteroatoms. The fourth-order valence-corrected chi connectivity index (χ4v) is 2.85. The summed E-state index contributed by atoms with van der Waals surface area (Å²) in [6, 6.07) is 5.82. The standard InChI is InChI=1S/C15H10BrClFN3O2/c1-21-6-19-14-11(21)5-8(15(22)23)13(12(14)18)20-10-3-2-7(16)4-9(10)17/h2-6,20H,1H3,(H,22,23)/i1D3. The Morgan fingerprint density at radius 2 is 2.30 bits per heavy atom. The number of hydrogen-bond donors (Lipinski definition) is 2. The molecule has 1 heterocycles. The van der Waals surface area contributed by atoms with Crippen LogP contribution in [0.1, 0.15) is 14.5 Å². The number of carboxylic acid groups (broad SMARTS) is 1. The molecule has 0 saturated carbocycles. The third-order valence-electron chi connectivity index (χ3n) is 3.20. The summed E-state index contributed by atoms with van der Waals surface area (Å²) >= 11 is 9.33. The summed E-state index contributed by atoms with van der Waals surface area (Å²) in [4.78, 5) is 15.4. The van der Waals surface area contributed by atoms with Crippen LogP contribution in [-0.4, -0.2) is 20.6 Å². The Kier molecular flexibility index (Phi) is 3.12. The monoisotopic (exact) mass is 400 g/mol. The Morgan fingerprint density at radius 3 is 2.96 bits per heavy atom. The number of anilines is 2. The van der Waals surface area contributed by atoms with E-state index in [4.69, 9.17) is 15.7 Å². The van der Waals surface area contributed by atoms with E-state index in [2.05, 4.69) is 26.2 Å². The van der Waals surface area contributed by atoms with Crippen molar-refractivity contribution in [1.82, 2.24) is 9.55 Å². The van der Waals surface area contributed by atoms with E-state index >= 15 is 0 Å². The molecule has 0 saturated heterocycles. The Labute approximate surface area is 148 Å². The summed E-state index contributed by atoms with van der Waals surface area (Å²) in [7, 11) is 0. The Morgan fingerprint density at radius 1 is 1.52 bits per heavy atom. The first-order valence-corrected chi connectivity index (χ1v) is 7.42. The molecule has 23 heavy (non-hydrogen) atoms. The molecule has 0 unspecified atom stereocenters. The van der Waals surface area contributed by atoms with Gasteiger partial charge in [0, 0.05) is 15.6 Å². The van der Waals surface area contributed by atoms with Crippen molar-refractivity contribution in [2.24, 2.45) is 6.98 Å². The van der Waals surface area contributed by atoms with Gasteiger partial charge in [-0.05, 0) is 24.3 Å². The molecule has 0 radical (unpaired) electrons. The molecule has 5 nitrogen and oxygen atoms in total. The molecule has 0 aliphatic heterocycles. The van der Waals surface area contributed by atoms with Crippen LogP contribution in [0.2, 0.25) is 5.02 Å². The van der Waals surface area contributed by atoms with Crippen molar-refractivity contribution in [3.63, 3.8) is 0 Å². The lowest BCUT2D eigenvalue weighted by atomic mass is 10.1. The molecule has 0 fully saturated rings. The van der Waals surface area contributed by atoms with Crippen LogP contribution >= 0.6 is 27.5 Å². The van der Waals surface area contributed by atoms with Gasteiger partial charge in [0.1, 0.15) is 5.52 Å². The fourth-order valence-electron chi connectivity index (χ4n) is 2.13. The van der Waals surface area contributed by atoms with Crippen LogP contribution < -0.4 is 5.32 Å². The molecule has 2 N–H and O–H groups in total. The van der Waals surface area contributed by atoms with Crippen molar-refractivity contribution >= 4 is 55.9 Å². The van der Waals surface area contributed by atoms with E-state index in [-0.39, 0.29) is 27.4 Å². The van der Waals surface area contributed by atoms with Gasteiger partial charge in [-0.25, -0.2) is 14.2 Å². The van der Waals surface area contributed by atoms with Crippen molar-refractivity contribution in [3.8, 4) is 0 Å². The molecular weight excluding hydrogens is 389 g/mol. The molecule has 1 aromatic heterocycles. The fraction of sp³-hybridized carbons (Fsp3) is 0.0667. The van der Waals surface area contributed by atoms with Gasteiger partial charge in [0.05, 0.1) is 33.8 Å². The van der Waals surface area contributed by atoms with E-state index in [0.717, 1.165) is 17.0 Å². The minimum atomic E-state index is -2.62. The summed E-state index contributed by atoms with van der Waals surface area (Å²) in [6.07, 6.45) is 0.947. The van der Waals surface area contributed by atoms with Crippen LogP contribution in [0.3, 0.4) is 0 Å². The molecule has 0 atom stereocenters. The highest BCUT2D eigenvalue weighted by Crippen LogP contribution is 2.34. The van der Waals surface area contributed by atoms with E-state index in [1.165, 1.54) is 0 Å². The smallest absolute Gasteiger partial charge is 0.338 e. The molecule has 2 aromatic carbocycles. The summed E-state index contributed by atoms with van der Waals surface area (Å²) < 4.78 is 38.7. The summed E-state index contributed by atoms with van der Waals surface area (Å²) in [5.41, 5.74) is -0.926. The SMILES string of the molecule is [2H]C([2H])([2H])n1cnc2c(F)c(Nc3ccc(Br)cc3Cl)c(C(=O)O)cc21. The molecule has 3 aromatic rings. The van der Waals surface area contributed by atoms with E-state index in [1.54, 1.807) is 18.2 Å². The normalized spacial score (nSPS) is 13.4. The second-order valence-electron chi connectivity index (χ2n) is 4.65. The van der Waals surface area contributed by atoms with Gasteiger partial charge in [0.25, 0.3) is 0 Å². The average molecular weight is 402 g/mol. The van der Waals surface area contributed by atoms with Crippen LogP contribution in [-0.2, 0) is 6.98 Å². The second kappa shape index (κ2) is 5.82. The zero-order chi connectivity index (χ0) is 19.2. The van der Waals surface area contributed by atoms with Crippen molar-refractivity contribution in [3.05, 3.63) is 51.5 Å². The summed E-state index contributed by atoms with van der Waals surface area (Å²) in [6.45, 7) is -2.62. The third kappa shape index (κ3) is 2.77. The average Bonchev–Trinajstić information content (AvgIpc) is 2.96. The predicted molar refractivity (Wildman–Crippen MR) is 90.1 cm³/mol. The molecule has 0 aliphatic rings. The van der Waals surface area contributed by atoms with Gasteiger partial charge in [0.15, 0.2) is 5.82 Å². The second-order valence-corrected chi connectivity index (χ2v) is 5.97. The summed E-state index contributed by atoms with van der Waals surface area (Å²) in [5, 5.41) is 12.4. The molecule has 0 amide bonds. The first-order chi connectivity index (χ1) is 12.1. The lowest BCUT2D eigenvalue weighted by molar-refractivity contribution is 0.0697. The number of aromatic nitrogens is 2. The van der Waals surface area contributed by atoms with Crippen LogP contribution in [0.4, 0.5) is 15.8 Å². The number of aryl methyl sites for hydroxylation is 1. The van der Waals surface area contributed by atoms with Gasteiger partial charge in [-0.1, -0.05) is 27.5 Å². The van der Waals surface area contributed by atoms with E-state index in [0.29, 0.717) is 4.47 Å². The molecule has 0 spiro atoms. The van der Waals surface area contributed by atoms with E-state index in [9.17, 15) is 14.3 Å². The number of rotatable bonds is 3. The molecule has 3 rings (SSSR count). The van der Waals surface area contributed by atoms with Gasteiger partial charge in [-0.3, -0.25) is 0 Å². The van der Waals surface area contributed by atoms with E-state index < -0.39 is 24.3 Å². The largest absolute Gasteiger partial charge is 0.478 e. The number of fused-ring (bicyclic) bond motifs is 1. The number of hydrogen-bond acceptors (Lipinski definition) is 3. The number of benzene rings is 2. The Hall–Kier alpha value is -2.12. The quantitative estimate of drug-likeness (QED) is 0.674. The predicted octanol–water partition coefficient (Wildman–Crippen LogP) is 4.57. The lowest BCUT2D eigenvalue weighted by Crippen LogP contribution is -2.06. The molecular formula is C15H10BrClFN3O2. The lowest BCUT2D eigenvalue weighted by Gasteiger charge is -2.13. The molecule has 118 valence electrons. The number of carboxylic acids is 1. The number of aromatic carboxylic acids is 1. The summed E-state index contributed by atoms with van der Waals surface area (Å²) in [5.74, 6) is -2.42. The maximum absolute atomic E-state index is 15.0. The zero-order valence-corrected chi connectivity index (χ0v) is 13.6. The minimum absolute atomic E-state index is 0.146. The van der Waals surface area contributed by atoms with Gasteiger partial charge < -0.3 is 15.0 Å². The maximum atomic E-state index is 15.0. The maximum Gasteiger partial charge on any atom is 0.338 e. The van der Waals surface area contributed by atoms with E-state index in [1.807, 2.05) is 0 Å². The van der Waals surface area contributed by atoms with Crippen molar-refractivity contribution in [1.29, 1.82) is 0 Å². The van der Waals surface area contributed by atoms with Crippen LogP contribution in [0.5, 0.6) is 0 Å². The van der Waals surface area contributed by atoms with Gasteiger partial charge >= 0.3 is 5.97 Å². The Balaban J connectivity index is 2.23. The topological polar surface area (TPSA) is 67.2 Å². The van der Waals surface area contributed by atoms with Crippen molar-refractivity contribution < 1.29 is 18.4 Å². The zero-order valence-electron chi connectivity index (χ0n) is 14.3. The van der Waals surface area contributed by atoms with Gasteiger partial charge in [-0.2, -0.15) is 0 Å². The number of imidazole rings is 1. The molecule has 0 aliphatic carbocycles.